The van der Waals surface area contributed by atoms with Gasteiger partial charge in [0.15, 0.2) is 11.5 Å². The summed E-state index contributed by atoms with van der Waals surface area (Å²) >= 11 is 0. The van der Waals surface area contributed by atoms with E-state index in [1.54, 1.807) is 7.11 Å². The van der Waals surface area contributed by atoms with Gasteiger partial charge in [-0.2, -0.15) is 0 Å². The molecule has 0 spiro atoms. The first-order chi connectivity index (χ1) is 16.2. The number of benzene rings is 3. The quantitative estimate of drug-likeness (QED) is 0.372. The highest BCUT2D eigenvalue weighted by atomic mass is 16.5. The molecule has 1 aliphatic rings. The summed E-state index contributed by atoms with van der Waals surface area (Å²) in [5.74, 6) is 1.61. The normalized spacial score (nSPS) is 14.1. The van der Waals surface area contributed by atoms with E-state index in [0.717, 1.165) is 50.5 Å². The van der Waals surface area contributed by atoms with Gasteiger partial charge in [0.1, 0.15) is 0 Å². The van der Waals surface area contributed by atoms with E-state index in [-0.39, 0.29) is 0 Å². The SMILES string of the molecule is COc1cc(C)ccc1OCCc1c2n(c3ccccc13)CCN(Cc1ccccc1)CC2. The highest BCUT2D eigenvalue weighted by molar-refractivity contribution is 5.85. The Balaban J connectivity index is 1.35. The van der Waals surface area contributed by atoms with E-state index in [1.165, 1.54) is 33.3 Å². The van der Waals surface area contributed by atoms with Crippen LogP contribution in [0, 0.1) is 6.92 Å². The minimum Gasteiger partial charge on any atom is -0.493 e. The van der Waals surface area contributed by atoms with Gasteiger partial charge in [-0.3, -0.25) is 4.90 Å². The fourth-order valence-corrected chi connectivity index (χ4v) is 5.02. The van der Waals surface area contributed by atoms with E-state index in [1.807, 2.05) is 12.1 Å². The minimum atomic E-state index is 0.633. The van der Waals surface area contributed by atoms with Crippen LogP contribution in [0.25, 0.3) is 10.9 Å². The van der Waals surface area contributed by atoms with Crippen LogP contribution in [-0.4, -0.2) is 36.3 Å². The largest absolute Gasteiger partial charge is 0.493 e. The predicted molar refractivity (Wildman–Crippen MR) is 134 cm³/mol. The zero-order valence-electron chi connectivity index (χ0n) is 19.6. The van der Waals surface area contributed by atoms with E-state index < -0.39 is 0 Å². The van der Waals surface area contributed by atoms with E-state index in [2.05, 4.69) is 77.1 Å². The van der Waals surface area contributed by atoms with Gasteiger partial charge >= 0.3 is 0 Å². The lowest BCUT2D eigenvalue weighted by atomic mass is 10.1. The number of aryl methyl sites for hydroxylation is 1. The van der Waals surface area contributed by atoms with Crippen LogP contribution >= 0.6 is 0 Å². The molecule has 0 N–H and O–H groups in total. The average molecular weight is 441 g/mol. The molecule has 170 valence electrons. The molecule has 0 saturated heterocycles. The fourth-order valence-electron chi connectivity index (χ4n) is 5.02. The summed E-state index contributed by atoms with van der Waals surface area (Å²) in [6, 6.07) is 25.7. The molecule has 0 unspecified atom stereocenters. The van der Waals surface area contributed by atoms with E-state index in [4.69, 9.17) is 9.47 Å². The smallest absolute Gasteiger partial charge is 0.161 e. The zero-order valence-corrected chi connectivity index (χ0v) is 19.6. The van der Waals surface area contributed by atoms with Crippen molar-refractivity contribution in [3.05, 3.63) is 95.2 Å². The van der Waals surface area contributed by atoms with Crippen molar-refractivity contribution in [1.29, 1.82) is 0 Å². The van der Waals surface area contributed by atoms with Crippen molar-refractivity contribution in [2.75, 3.05) is 26.8 Å². The maximum absolute atomic E-state index is 6.18. The van der Waals surface area contributed by atoms with Gasteiger partial charge in [0.2, 0.25) is 0 Å². The van der Waals surface area contributed by atoms with Crippen molar-refractivity contribution in [2.24, 2.45) is 0 Å². The van der Waals surface area contributed by atoms with Crippen LogP contribution in [0.15, 0.2) is 72.8 Å². The number of rotatable bonds is 7. The molecule has 1 aliphatic heterocycles. The van der Waals surface area contributed by atoms with Crippen LogP contribution in [0.3, 0.4) is 0 Å². The van der Waals surface area contributed by atoms with Crippen molar-refractivity contribution in [3.63, 3.8) is 0 Å². The molecule has 0 amide bonds. The Labute approximate surface area is 196 Å². The van der Waals surface area contributed by atoms with Gasteiger partial charge in [-0.05, 0) is 41.8 Å². The van der Waals surface area contributed by atoms with Crippen molar-refractivity contribution >= 4 is 10.9 Å². The number of ether oxygens (including phenoxy) is 2. The summed E-state index contributed by atoms with van der Waals surface area (Å²) in [4.78, 5) is 2.58. The number of nitrogens with zero attached hydrogens (tertiary/aromatic N) is 2. The molecule has 0 atom stereocenters. The Kier molecular flexibility index (Phi) is 6.36. The lowest BCUT2D eigenvalue weighted by Gasteiger charge is -2.19. The highest BCUT2D eigenvalue weighted by Gasteiger charge is 2.21. The van der Waals surface area contributed by atoms with Gasteiger partial charge in [0, 0.05) is 55.6 Å². The third-order valence-electron chi connectivity index (χ3n) is 6.68. The fraction of sp³-hybridized carbons (Fsp3) is 0.310. The molecule has 4 heteroatoms. The number of methoxy groups -OCH3 is 1. The Morgan fingerprint density at radius 3 is 2.52 bits per heavy atom. The highest BCUT2D eigenvalue weighted by Crippen LogP contribution is 2.31. The number of para-hydroxylation sites is 1. The predicted octanol–water partition coefficient (Wildman–Crippen LogP) is 5.64. The zero-order chi connectivity index (χ0) is 22.6. The van der Waals surface area contributed by atoms with Crippen LogP contribution in [0.1, 0.15) is 22.4 Å². The first-order valence-electron chi connectivity index (χ1n) is 11.9. The molecule has 5 rings (SSSR count). The summed E-state index contributed by atoms with van der Waals surface area (Å²) in [6.45, 7) is 6.87. The standard InChI is InChI=1S/C29H32N2O2/c1-22-12-13-28(29(20-22)32-2)33-19-15-25-24-10-6-7-11-26(24)31-18-17-30(16-14-27(25)31)21-23-8-4-3-5-9-23/h3-13,20H,14-19,21H2,1-2H3. The first kappa shape index (κ1) is 21.6. The number of fused-ring (bicyclic) bond motifs is 3. The van der Waals surface area contributed by atoms with Gasteiger partial charge in [0.25, 0.3) is 0 Å². The molecule has 4 nitrogen and oxygen atoms in total. The lowest BCUT2D eigenvalue weighted by Crippen LogP contribution is -2.26. The Bertz CT molecular complexity index is 1230. The summed E-state index contributed by atoms with van der Waals surface area (Å²) in [5.41, 5.74) is 6.79. The molecule has 4 aromatic rings. The topological polar surface area (TPSA) is 26.6 Å². The molecular formula is C29H32N2O2. The summed E-state index contributed by atoms with van der Waals surface area (Å²) in [6.07, 6.45) is 1.95. The Morgan fingerprint density at radius 1 is 0.848 bits per heavy atom. The third-order valence-corrected chi connectivity index (χ3v) is 6.68. The molecule has 0 radical (unpaired) electrons. The molecule has 33 heavy (non-hydrogen) atoms. The number of aromatic nitrogens is 1. The van der Waals surface area contributed by atoms with Gasteiger partial charge < -0.3 is 14.0 Å². The second-order valence-electron chi connectivity index (χ2n) is 8.86. The molecule has 3 aromatic carbocycles. The first-order valence-corrected chi connectivity index (χ1v) is 11.9. The molecule has 0 saturated carbocycles. The van der Waals surface area contributed by atoms with Crippen LogP contribution in [0.2, 0.25) is 0 Å². The summed E-state index contributed by atoms with van der Waals surface area (Å²) in [7, 11) is 1.70. The van der Waals surface area contributed by atoms with Crippen LogP contribution in [-0.2, 0) is 25.9 Å². The van der Waals surface area contributed by atoms with Gasteiger partial charge in [-0.15, -0.1) is 0 Å². The lowest BCUT2D eigenvalue weighted by molar-refractivity contribution is 0.272. The second-order valence-corrected chi connectivity index (χ2v) is 8.86. The Morgan fingerprint density at radius 2 is 1.67 bits per heavy atom. The van der Waals surface area contributed by atoms with Gasteiger partial charge in [-0.1, -0.05) is 54.6 Å². The third kappa shape index (κ3) is 4.62. The van der Waals surface area contributed by atoms with Crippen molar-refractivity contribution < 1.29 is 9.47 Å². The van der Waals surface area contributed by atoms with E-state index in [9.17, 15) is 0 Å². The average Bonchev–Trinajstić information content (AvgIpc) is 2.99. The summed E-state index contributed by atoms with van der Waals surface area (Å²) in [5, 5.41) is 1.36. The van der Waals surface area contributed by atoms with Crippen LogP contribution in [0.4, 0.5) is 0 Å². The van der Waals surface area contributed by atoms with Crippen molar-refractivity contribution in [3.8, 4) is 11.5 Å². The number of hydrogen-bond acceptors (Lipinski definition) is 3. The minimum absolute atomic E-state index is 0.633. The van der Waals surface area contributed by atoms with E-state index in [0.29, 0.717) is 6.61 Å². The maximum atomic E-state index is 6.18. The van der Waals surface area contributed by atoms with E-state index >= 15 is 0 Å². The van der Waals surface area contributed by atoms with Crippen LogP contribution < -0.4 is 9.47 Å². The maximum Gasteiger partial charge on any atom is 0.161 e. The van der Waals surface area contributed by atoms with Crippen molar-refractivity contribution in [1.82, 2.24) is 9.47 Å². The van der Waals surface area contributed by atoms with Gasteiger partial charge in [0.05, 0.1) is 13.7 Å². The van der Waals surface area contributed by atoms with Crippen LogP contribution in [0.5, 0.6) is 11.5 Å². The molecule has 1 aromatic heterocycles. The monoisotopic (exact) mass is 440 g/mol. The van der Waals surface area contributed by atoms with Crippen molar-refractivity contribution in [2.45, 2.75) is 32.9 Å². The molecule has 0 aliphatic carbocycles. The molecular weight excluding hydrogens is 408 g/mol. The van der Waals surface area contributed by atoms with Gasteiger partial charge in [-0.25, -0.2) is 0 Å². The number of hydrogen-bond donors (Lipinski definition) is 0. The molecule has 0 bridgehead atoms. The Hall–Kier alpha value is -3.24. The molecule has 0 fully saturated rings. The molecule has 2 heterocycles. The second kappa shape index (κ2) is 9.72. The summed E-state index contributed by atoms with van der Waals surface area (Å²) < 4.78 is 14.2.